The first-order valence-electron chi connectivity index (χ1n) is 7.65. The lowest BCUT2D eigenvalue weighted by atomic mass is 9.87. The maximum atomic E-state index is 5.95. The molecule has 0 saturated carbocycles. The second kappa shape index (κ2) is 6.42. The SMILES string of the molecule is Cc1cc(C)cc(COCC2CNC2c2ccccc2)c1. The average molecular weight is 281 g/mol. The van der Waals surface area contributed by atoms with Gasteiger partial charge in [-0.15, -0.1) is 0 Å². The number of benzene rings is 2. The van der Waals surface area contributed by atoms with Crippen LogP contribution in [0.3, 0.4) is 0 Å². The highest BCUT2D eigenvalue weighted by Crippen LogP contribution is 2.29. The fraction of sp³-hybridized carbons (Fsp3) is 0.368. The molecule has 110 valence electrons. The highest BCUT2D eigenvalue weighted by Gasteiger charge is 2.31. The Labute approximate surface area is 127 Å². The molecule has 2 aromatic rings. The molecular weight excluding hydrogens is 258 g/mol. The third kappa shape index (κ3) is 3.52. The van der Waals surface area contributed by atoms with Crippen molar-refractivity contribution >= 4 is 0 Å². The van der Waals surface area contributed by atoms with Gasteiger partial charge in [0.1, 0.15) is 0 Å². The van der Waals surface area contributed by atoms with Crippen molar-refractivity contribution in [3.8, 4) is 0 Å². The molecule has 0 radical (unpaired) electrons. The minimum Gasteiger partial charge on any atom is -0.376 e. The van der Waals surface area contributed by atoms with Gasteiger partial charge in [0.2, 0.25) is 0 Å². The largest absolute Gasteiger partial charge is 0.376 e. The van der Waals surface area contributed by atoms with Crippen molar-refractivity contribution in [3.05, 3.63) is 70.8 Å². The van der Waals surface area contributed by atoms with Crippen LogP contribution in [0.25, 0.3) is 0 Å². The molecule has 1 aliphatic rings. The summed E-state index contributed by atoms with van der Waals surface area (Å²) in [6, 6.07) is 17.7. The first-order valence-corrected chi connectivity index (χ1v) is 7.65. The number of nitrogens with one attached hydrogen (secondary N) is 1. The zero-order chi connectivity index (χ0) is 14.7. The minimum atomic E-state index is 0.449. The van der Waals surface area contributed by atoms with Crippen LogP contribution in [0.4, 0.5) is 0 Å². The smallest absolute Gasteiger partial charge is 0.0717 e. The number of ether oxygens (including phenoxy) is 1. The molecule has 1 heterocycles. The zero-order valence-electron chi connectivity index (χ0n) is 12.8. The van der Waals surface area contributed by atoms with Crippen molar-refractivity contribution in [2.75, 3.05) is 13.2 Å². The number of rotatable bonds is 5. The van der Waals surface area contributed by atoms with Gasteiger partial charge in [0.25, 0.3) is 0 Å². The van der Waals surface area contributed by atoms with Crippen LogP contribution in [0, 0.1) is 19.8 Å². The summed E-state index contributed by atoms with van der Waals surface area (Å²) in [6.07, 6.45) is 0. The molecule has 2 heteroatoms. The summed E-state index contributed by atoms with van der Waals surface area (Å²) < 4.78 is 5.95. The maximum absolute atomic E-state index is 5.95. The molecule has 1 N–H and O–H groups in total. The third-order valence-electron chi connectivity index (χ3n) is 4.11. The van der Waals surface area contributed by atoms with E-state index in [0.29, 0.717) is 18.6 Å². The van der Waals surface area contributed by atoms with Gasteiger partial charge in [-0.2, -0.15) is 0 Å². The normalized spacial score (nSPS) is 21.0. The lowest BCUT2D eigenvalue weighted by Crippen LogP contribution is -2.47. The summed E-state index contributed by atoms with van der Waals surface area (Å²) in [7, 11) is 0. The van der Waals surface area contributed by atoms with E-state index in [9.17, 15) is 0 Å². The molecule has 2 aromatic carbocycles. The molecule has 2 atom stereocenters. The van der Waals surface area contributed by atoms with Crippen molar-refractivity contribution < 1.29 is 4.74 Å². The fourth-order valence-electron chi connectivity index (χ4n) is 3.09. The quantitative estimate of drug-likeness (QED) is 0.900. The Morgan fingerprint density at radius 2 is 1.76 bits per heavy atom. The second-order valence-corrected chi connectivity index (χ2v) is 6.07. The van der Waals surface area contributed by atoms with Gasteiger partial charge in [-0.3, -0.25) is 0 Å². The standard InChI is InChI=1S/C19H23NO/c1-14-8-15(2)10-16(9-14)12-21-13-18-11-20-19(18)17-6-4-3-5-7-17/h3-10,18-20H,11-13H2,1-2H3. The Hall–Kier alpha value is -1.64. The van der Waals surface area contributed by atoms with E-state index >= 15 is 0 Å². The fourth-order valence-corrected chi connectivity index (χ4v) is 3.09. The Kier molecular flexibility index (Phi) is 4.37. The Morgan fingerprint density at radius 3 is 2.38 bits per heavy atom. The summed E-state index contributed by atoms with van der Waals surface area (Å²) >= 11 is 0. The molecule has 21 heavy (non-hydrogen) atoms. The van der Waals surface area contributed by atoms with E-state index in [1.807, 2.05) is 0 Å². The van der Waals surface area contributed by atoms with Crippen LogP contribution in [0.1, 0.15) is 28.3 Å². The first kappa shape index (κ1) is 14.3. The van der Waals surface area contributed by atoms with Gasteiger partial charge >= 0.3 is 0 Å². The van der Waals surface area contributed by atoms with E-state index < -0.39 is 0 Å². The van der Waals surface area contributed by atoms with E-state index in [1.54, 1.807) is 0 Å². The second-order valence-electron chi connectivity index (χ2n) is 6.07. The molecule has 1 saturated heterocycles. The van der Waals surface area contributed by atoms with Crippen molar-refractivity contribution in [3.63, 3.8) is 0 Å². The zero-order valence-corrected chi connectivity index (χ0v) is 12.8. The number of hydrogen-bond donors (Lipinski definition) is 1. The molecule has 1 fully saturated rings. The van der Waals surface area contributed by atoms with E-state index in [0.717, 1.165) is 13.2 Å². The van der Waals surface area contributed by atoms with E-state index in [1.165, 1.54) is 22.3 Å². The summed E-state index contributed by atoms with van der Waals surface area (Å²) in [5.41, 5.74) is 5.25. The Morgan fingerprint density at radius 1 is 1.05 bits per heavy atom. The third-order valence-corrected chi connectivity index (χ3v) is 4.11. The maximum Gasteiger partial charge on any atom is 0.0717 e. The van der Waals surface area contributed by atoms with Gasteiger partial charge in [-0.1, -0.05) is 59.7 Å². The van der Waals surface area contributed by atoms with Gasteiger partial charge < -0.3 is 10.1 Å². The monoisotopic (exact) mass is 281 g/mol. The molecule has 0 bridgehead atoms. The van der Waals surface area contributed by atoms with E-state index in [-0.39, 0.29) is 0 Å². The molecular formula is C19H23NO. The molecule has 0 aromatic heterocycles. The van der Waals surface area contributed by atoms with Crippen LogP contribution < -0.4 is 5.32 Å². The lowest BCUT2D eigenvalue weighted by molar-refractivity contribution is 0.0443. The van der Waals surface area contributed by atoms with Crippen LogP contribution in [-0.4, -0.2) is 13.2 Å². The lowest BCUT2D eigenvalue weighted by Gasteiger charge is -2.38. The predicted molar refractivity (Wildman–Crippen MR) is 86.2 cm³/mol. The number of hydrogen-bond acceptors (Lipinski definition) is 2. The van der Waals surface area contributed by atoms with Gasteiger partial charge in [0.05, 0.1) is 13.2 Å². The molecule has 0 aliphatic carbocycles. The van der Waals surface area contributed by atoms with Crippen LogP contribution in [-0.2, 0) is 11.3 Å². The van der Waals surface area contributed by atoms with Gasteiger partial charge in [-0.25, -0.2) is 0 Å². The molecule has 3 rings (SSSR count). The molecule has 1 aliphatic heterocycles. The van der Waals surface area contributed by atoms with Crippen LogP contribution in [0.2, 0.25) is 0 Å². The average Bonchev–Trinajstić information content (AvgIpc) is 2.42. The van der Waals surface area contributed by atoms with Crippen LogP contribution >= 0.6 is 0 Å². The van der Waals surface area contributed by atoms with Crippen LogP contribution in [0.15, 0.2) is 48.5 Å². The van der Waals surface area contributed by atoms with Gasteiger partial charge in [0.15, 0.2) is 0 Å². The van der Waals surface area contributed by atoms with Crippen molar-refractivity contribution in [2.24, 2.45) is 5.92 Å². The molecule has 2 unspecified atom stereocenters. The first-order chi connectivity index (χ1) is 10.2. The van der Waals surface area contributed by atoms with E-state index in [4.69, 9.17) is 4.74 Å². The van der Waals surface area contributed by atoms with Crippen molar-refractivity contribution in [1.29, 1.82) is 0 Å². The highest BCUT2D eigenvalue weighted by atomic mass is 16.5. The predicted octanol–water partition coefficient (Wildman–Crippen LogP) is 3.78. The summed E-state index contributed by atoms with van der Waals surface area (Å²) in [4.78, 5) is 0. The minimum absolute atomic E-state index is 0.449. The molecule has 0 amide bonds. The van der Waals surface area contributed by atoms with Gasteiger partial charge in [-0.05, 0) is 25.0 Å². The van der Waals surface area contributed by atoms with Crippen LogP contribution in [0.5, 0.6) is 0 Å². The Bertz CT molecular complexity index is 574. The molecule has 2 nitrogen and oxygen atoms in total. The summed E-state index contributed by atoms with van der Waals surface area (Å²) in [6.45, 7) is 6.85. The summed E-state index contributed by atoms with van der Waals surface area (Å²) in [5.74, 6) is 0.582. The van der Waals surface area contributed by atoms with E-state index in [2.05, 4.69) is 67.7 Å². The molecule has 0 spiro atoms. The van der Waals surface area contributed by atoms with Crippen molar-refractivity contribution in [2.45, 2.75) is 26.5 Å². The van der Waals surface area contributed by atoms with Gasteiger partial charge in [0, 0.05) is 18.5 Å². The topological polar surface area (TPSA) is 21.3 Å². The number of aryl methyl sites for hydroxylation is 2. The Balaban J connectivity index is 1.52. The highest BCUT2D eigenvalue weighted by molar-refractivity contribution is 5.28. The summed E-state index contributed by atoms with van der Waals surface area (Å²) in [5, 5.41) is 3.50. The van der Waals surface area contributed by atoms with Crippen molar-refractivity contribution in [1.82, 2.24) is 5.32 Å².